The number of aryl methyl sites for hydroxylation is 2. The fraction of sp³-hybridized carbons (Fsp3) is 0.367. The van der Waals surface area contributed by atoms with Gasteiger partial charge >= 0.3 is 0 Å². The molecule has 1 saturated carbocycles. The number of allylic oxidation sites excluding steroid dienone is 3. The van der Waals surface area contributed by atoms with E-state index in [0.29, 0.717) is 22.4 Å². The van der Waals surface area contributed by atoms with E-state index in [-0.39, 0.29) is 17.2 Å². The number of nitrogens with one attached hydrogen (secondary N) is 2. The molecule has 0 amide bonds. The van der Waals surface area contributed by atoms with E-state index in [9.17, 15) is 4.79 Å². The molecule has 7 nitrogen and oxygen atoms in total. The molecule has 2 heterocycles. The van der Waals surface area contributed by atoms with Crippen LogP contribution in [0.5, 0.6) is 0 Å². The van der Waals surface area contributed by atoms with Gasteiger partial charge in [0.25, 0.3) is 5.56 Å². The van der Waals surface area contributed by atoms with Crippen LogP contribution in [-0.4, -0.2) is 33.9 Å². The topological polar surface area (TPSA) is 78.3 Å². The number of aliphatic imine (C=N–C) groups is 1. The smallest absolute Gasteiger partial charge is 0.250 e. The minimum absolute atomic E-state index is 0.106. The number of hydrogen-bond acceptors (Lipinski definition) is 5. The molecule has 0 bridgehead atoms. The summed E-state index contributed by atoms with van der Waals surface area (Å²) in [5, 5.41) is 10.7. The second-order valence-corrected chi connectivity index (χ2v) is 11.0. The van der Waals surface area contributed by atoms with Gasteiger partial charge in [0.2, 0.25) is 0 Å². The van der Waals surface area contributed by atoms with Crippen LogP contribution in [0.3, 0.4) is 0 Å². The number of thioether (sulfide) groups is 1. The second kappa shape index (κ2) is 12.2. The van der Waals surface area contributed by atoms with Gasteiger partial charge in [-0.1, -0.05) is 12.5 Å². The predicted octanol–water partition coefficient (Wildman–Crippen LogP) is 6.89. The first kappa shape index (κ1) is 29.3. The van der Waals surface area contributed by atoms with Crippen molar-refractivity contribution in [2.75, 3.05) is 23.5 Å². The first-order valence-corrected chi connectivity index (χ1v) is 14.5. The molecular formula is C30H36F2N6OS. The molecule has 1 aromatic carbocycles. The molecule has 0 unspecified atom stereocenters. The highest BCUT2D eigenvalue weighted by Crippen LogP contribution is 2.46. The Hall–Kier alpha value is -3.66. The minimum atomic E-state index is -0.659. The predicted molar refractivity (Wildman–Crippen MR) is 161 cm³/mol. The summed E-state index contributed by atoms with van der Waals surface area (Å²) in [7, 11) is 3.32. The number of H-pyrrole nitrogens is 1. The SMILES string of the molecule is CC/C(C)=C(/C(=C(\N=C(/C)N(C)c1c(F)cc(SC)cc1F)Nc1cc(C)[nH]n1)C1CC1)c1ccn(C)c(=O)c1. The number of aromatic amines is 1. The molecule has 40 heavy (non-hydrogen) atoms. The van der Waals surface area contributed by atoms with E-state index in [0.717, 1.165) is 47.2 Å². The summed E-state index contributed by atoms with van der Waals surface area (Å²) >= 11 is 1.28. The maximum absolute atomic E-state index is 15.0. The van der Waals surface area contributed by atoms with Gasteiger partial charge in [-0.15, -0.1) is 11.8 Å². The van der Waals surface area contributed by atoms with E-state index in [1.54, 1.807) is 39.5 Å². The normalized spacial score (nSPS) is 15.1. The molecule has 0 radical (unpaired) electrons. The molecule has 3 aromatic rings. The largest absolute Gasteiger partial charge is 0.328 e. The summed E-state index contributed by atoms with van der Waals surface area (Å²) in [4.78, 5) is 19.5. The van der Waals surface area contributed by atoms with E-state index in [4.69, 9.17) is 4.99 Å². The van der Waals surface area contributed by atoms with Gasteiger partial charge in [-0.25, -0.2) is 13.8 Å². The quantitative estimate of drug-likeness (QED) is 0.128. The number of hydrogen-bond donors (Lipinski definition) is 2. The zero-order valence-electron chi connectivity index (χ0n) is 24.0. The Labute approximate surface area is 238 Å². The fourth-order valence-corrected chi connectivity index (χ4v) is 4.98. The molecule has 2 N–H and O–H groups in total. The molecule has 0 aliphatic heterocycles. The summed E-state index contributed by atoms with van der Waals surface area (Å²) in [6, 6.07) is 8.11. The zero-order valence-corrected chi connectivity index (χ0v) is 24.8. The van der Waals surface area contributed by atoms with E-state index >= 15 is 8.78 Å². The van der Waals surface area contributed by atoms with E-state index in [1.807, 2.05) is 19.1 Å². The van der Waals surface area contributed by atoms with Gasteiger partial charge in [0, 0.05) is 48.6 Å². The lowest BCUT2D eigenvalue weighted by molar-refractivity contribution is 0.579. The summed E-state index contributed by atoms with van der Waals surface area (Å²) < 4.78 is 31.6. The Morgan fingerprint density at radius 2 is 1.90 bits per heavy atom. The van der Waals surface area contributed by atoms with Gasteiger partial charge in [0.15, 0.2) is 17.5 Å². The molecule has 2 aromatic heterocycles. The molecule has 0 saturated heterocycles. The van der Waals surface area contributed by atoms with E-state index in [1.165, 1.54) is 33.4 Å². The number of anilines is 2. The minimum Gasteiger partial charge on any atom is -0.328 e. The van der Waals surface area contributed by atoms with Crippen molar-refractivity contribution >= 4 is 34.7 Å². The maximum Gasteiger partial charge on any atom is 0.250 e. The number of halogens is 2. The lowest BCUT2D eigenvalue weighted by atomic mass is 9.89. The van der Waals surface area contributed by atoms with Gasteiger partial charge in [0.1, 0.15) is 17.3 Å². The molecule has 1 aliphatic carbocycles. The molecule has 212 valence electrons. The standard InChI is InChI=1S/C30H36F2N6OS/c1-8-17(2)27(21-11-12-37(5)26(39)14-21)28(20-9-10-20)30(34-25-13-18(3)35-36-25)33-19(4)38(6)29-23(31)15-22(40-7)16-24(29)32/h11-16,20H,8-10H2,1-7H3,(H2,34,35,36)/b27-17+,30-28+,33-19+. The third-order valence-corrected chi connectivity index (χ3v) is 7.84. The molecule has 0 spiro atoms. The van der Waals surface area contributed by atoms with Gasteiger partial charge < -0.3 is 14.8 Å². The van der Waals surface area contributed by atoms with Crippen LogP contribution in [0.15, 0.2) is 68.2 Å². The number of aromatic nitrogens is 3. The van der Waals surface area contributed by atoms with Crippen LogP contribution in [0.25, 0.3) is 5.57 Å². The van der Waals surface area contributed by atoms with Crippen molar-refractivity contribution in [2.45, 2.75) is 51.9 Å². The van der Waals surface area contributed by atoms with Crippen LogP contribution in [0.1, 0.15) is 51.3 Å². The Morgan fingerprint density at radius 3 is 2.42 bits per heavy atom. The van der Waals surface area contributed by atoms with Crippen LogP contribution in [0.2, 0.25) is 0 Å². The lowest BCUT2D eigenvalue weighted by Crippen LogP contribution is -2.26. The van der Waals surface area contributed by atoms with Crippen molar-refractivity contribution in [1.82, 2.24) is 14.8 Å². The van der Waals surface area contributed by atoms with Crippen molar-refractivity contribution in [3.63, 3.8) is 0 Å². The second-order valence-electron chi connectivity index (χ2n) is 10.1. The van der Waals surface area contributed by atoms with Crippen LogP contribution in [0.4, 0.5) is 20.3 Å². The number of amidine groups is 1. The maximum atomic E-state index is 15.0. The van der Waals surface area contributed by atoms with Crippen LogP contribution < -0.4 is 15.8 Å². The van der Waals surface area contributed by atoms with Crippen molar-refractivity contribution < 1.29 is 8.78 Å². The third-order valence-electron chi connectivity index (χ3n) is 7.13. The Balaban J connectivity index is 1.93. The molecule has 1 aliphatic rings. The van der Waals surface area contributed by atoms with Crippen molar-refractivity contribution in [3.8, 4) is 0 Å². The number of benzene rings is 1. The first-order chi connectivity index (χ1) is 19.0. The summed E-state index contributed by atoms with van der Waals surface area (Å²) in [6.07, 6.45) is 6.25. The summed E-state index contributed by atoms with van der Waals surface area (Å²) in [5.74, 6) is 0.382. The summed E-state index contributed by atoms with van der Waals surface area (Å²) in [6.45, 7) is 7.77. The molecule has 10 heteroatoms. The molecular weight excluding hydrogens is 530 g/mol. The third kappa shape index (κ3) is 6.38. The fourth-order valence-electron chi connectivity index (χ4n) is 4.54. The van der Waals surface area contributed by atoms with Gasteiger partial charge in [-0.2, -0.15) is 5.10 Å². The van der Waals surface area contributed by atoms with Crippen molar-refractivity contribution in [1.29, 1.82) is 0 Å². The lowest BCUT2D eigenvalue weighted by Gasteiger charge is -2.23. The average molecular weight is 567 g/mol. The van der Waals surface area contributed by atoms with Crippen LogP contribution >= 0.6 is 11.8 Å². The van der Waals surface area contributed by atoms with Crippen molar-refractivity contribution in [2.24, 2.45) is 18.0 Å². The van der Waals surface area contributed by atoms with Gasteiger partial charge in [-0.3, -0.25) is 9.89 Å². The van der Waals surface area contributed by atoms with Crippen LogP contribution in [0, 0.1) is 24.5 Å². The Kier molecular flexibility index (Phi) is 8.98. The molecule has 0 atom stereocenters. The highest BCUT2D eigenvalue weighted by molar-refractivity contribution is 7.98. The zero-order chi connectivity index (χ0) is 29.1. The van der Waals surface area contributed by atoms with E-state index < -0.39 is 11.6 Å². The Morgan fingerprint density at radius 1 is 1.23 bits per heavy atom. The highest BCUT2D eigenvalue weighted by Gasteiger charge is 2.33. The number of pyridine rings is 1. The van der Waals surface area contributed by atoms with E-state index in [2.05, 4.69) is 29.4 Å². The number of nitrogens with zero attached hydrogens (tertiary/aromatic N) is 4. The average Bonchev–Trinajstić information content (AvgIpc) is 3.67. The molecule has 4 rings (SSSR count). The first-order valence-electron chi connectivity index (χ1n) is 13.3. The van der Waals surface area contributed by atoms with Gasteiger partial charge in [-0.05, 0) is 81.5 Å². The van der Waals surface area contributed by atoms with Gasteiger partial charge in [0.05, 0.1) is 0 Å². The Bertz CT molecular complexity index is 1540. The van der Waals surface area contributed by atoms with Crippen LogP contribution in [-0.2, 0) is 7.05 Å². The van der Waals surface area contributed by atoms with Crippen molar-refractivity contribution in [3.05, 3.63) is 86.7 Å². The monoisotopic (exact) mass is 566 g/mol. The molecule has 1 fully saturated rings. The number of rotatable bonds is 9. The summed E-state index contributed by atoms with van der Waals surface area (Å²) in [5.41, 5.74) is 4.43. The highest BCUT2D eigenvalue weighted by atomic mass is 32.2.